The topological polar surface area (TPSA) is 15.3 Å². The van der Waals surface area contributed by atoms with E-state index in [0.29, 0.717) is 5.92 Å². The second-order valence-corrected chi connectivity index (χ2v) is 5.28. The third kappa shape index (κ3) is 3.23. The van der Waals surface area contributed by atoms with Crippen molar-refractivity contribution in [2.75, 3.05) is 32.5 Å². The molecular formula is C16H22N2. The van der Waals surface area contributed by atoms with Crippen molar-refractivity contribution in [1.82, 2.24) is 4.90 Å². The van der Waals surface area contributed by atoms with Gasteiger partial charge in [-0.05, 0) is 31.5 Å². The van der Waals surface area contributed by atoms with E-state index in [1.54, 1.807) is 0 Å². The van der Waals surface area contributed by atoms with Gasteiger partial charge in [0.25, 0.3) is 0 Å². The molecule has 1 atom stereocenters. The Morgan fingerprint density at radius 2 is 1.78 bits per heavy atom. The molecule has 0 spiro atoms. The fraction of sp³-hybridized carbons (Fsp3) is 0.375. The molecule has 0 aliphatic rings. The van der Waals surface area contributed by atoms with E-state index >= 15 is 0 Å². The monoisotopic (exact) mass is 242 g/mol. The molecule has 0 amide bonds. The van der Waals surface area contributed by atoms with E-state index in [4.69, 9.17) is 0 Å². The van der Waals surface area contributed by atoms with Gasteiger partial charge in [0, 0.05) is 24.2 Å². The van der Waals surface area contributed by atoms with E-state index in [1.165, 1.54) is 16.5 Å². The van der Waals surface area contributed by atoms with Gasteiger partial charge in [-0.3, -0.25) is 0 Å². The maximum atomic E-state index is 3.57. The van der Waals surface area contributed by atoms with Gasteiger partial charge in [0.1, 0.15) is 0 Å². The average molecular weight is 242 g/mol. The highest BCUT2D eigenvalue weighted by atomic mass is 15.1. The maximum Gasteiger partial charge on any atom is 0.0419 e. The van der Waals surface area contributed by atoms with Gasteiger partial charge >= 0.3 is 0 Å². The van der Waals surface area contributed by atoms with Gasteiger partial charge in [0.15, 0.2) is 0 Å². The van der Waals surface area contributed by atoms with Crippen molar-refractivity contribution in [2.45, 2.75) is 6.92 Å². The zero-order valence-corrected chi connectivity index (χ0v) is 11.5. The first kappa shape index (κ1) is 12.9. The quantitative estimate of drug-likeness (QED) is 0.864. The molecular weight excluding hydrogens is 220 g/mol. The highest BCUT2D eigenvalue weighted by Crippen LogP contribution is 2.23. The second-order valence-electron chi connectivity index (χ2n) is 5.28. The van der Waals surface area contributed by atoms with Gasteiger partial charge < -0.3 is 10.2 Å². The largest absolute Gasteiger partial charge is 0.384 e. The van der Waals surface area contributed by atoms with Crippen LogP contribution in [0.3, 0.4) is 0 Å². The molecule has 0 aromatic heterocycles. The first-order valence-electron chi connectivity index (χ1n) is 6.53. The number of benzene rings is 2. The molecule has 0 fully saturated rings. The Morgan fingerprint density at radius 3 is 2.56 bits per heavy atom. The lowest BCUT2D eigenvalue weighted by molar-refractivity contribution is 0.348. The van der Waals surface area contributed by atoms with Crippen LogP contribution >= 0.6 is 0 Å². The van der Waals surface area contributed by atoms with Crippen molar-refractivity contribution in [3.05, 3.63) is 42.5 Å². The number of rotatable bonds is 5. The first-order chi connectivity index (χ1) is 8.66. The lowest BCUT2D eigenvalue weighted by Gasteiger charge is -2.18. The Morgan fingerprint density at radius 1 is 1.06 bits per heavy atom. The zero-order valence-electron chi connectivity index (χ0n) is 11.5. The predicted molar refractivity (Wildman–Crippen MR) is 80.2 cm³/mol. The summed E-state index contributed by atoms with van der Waals surface area (Å²) in [6, 6.07) is 14.9. The van der Waals surface area contributed by atoms with Crippen LogP contribution in [-0.4, -0.2) is 32.1 Å². The van der Waals surface area contributed by atoms with E-state index in [-0.39, 0.29) is 0 Å². The highest BCUT2D eigenvalue weighted by Gasteiger charge is 2.04. The van der Waals surface area contributed by atoms with Crippen LogP contribution in [0.25, 0.3) is 10.8 Å². The van der Waals surface area contributed by atoms with Crippen LogP contribution in [0.2, 0.25) is 0 Å². The molecule has 18 heavy (non-hydrogen) atoms. The Kier molecular flexibility index (Phi) is 4.21. The molecule has 2 nitrogen and oxygen atoms in total. The SMILES string of the molecule is C[C@H](CNc1cccc2ccccc12)CN(C)C. The van der Waals surface area contributed by atoms with Gasteiger partial charge in [-0.1, -0.05) is 43.3 Å². The number of hydrogen-bond acceptors (Lipinski definition) is 2. The predicted octanol–water partition coefficient (Wildman–Crippen LogP) is 3.45. The Balaban J connectivity index is 2.08. The van der Waals surface area contributed by atoms with Crippen LogP contribution in [0.1, 0.15) is 6.92 Å². The van der Waals surface area contributed by atoms with Crippen LogP contribution < -0.4 is 5.32 Å². The summed E-state index contributed by atoms with van der Waals surface area (Å²) in [5.74, 6) is 0.638. The van der Waals surface area contributed by atoms with Crippen molar-refractivity contribution >= 4 is 16.5 Å². The maximum absolute atomic E-state index is 3.57. The van der Waals surface area contributed by atoms with Crippen molar-refractivity contribution in [3.8, 4) is 0 Å². The lowest BCUT2D eigenvalue weighted by atomic mass is 10.1. The number of hydrogen-bond donors (Lipinski definition) is 1. The summed E-state index contributed by atoms with van der Waals surface area (Å²) in [6.07, 6.45) is 0. The van der Waals surface area contributed by atoms with Crippen LogP contribution in [0.5, 0.6) is 0 Å². The lowest BCUT2D eigenvalue weighted by Crippen LogP contribution is -2.24. The first-order valence-corrected chi connectivity index (χ1v) is 6.53. The Bertz CT molecular complexity index is 500. The molecule has 2 aromatic carbocycles. The molecule has 2 heteroatoms. The van der Waals surface area contributed by atoms with Gasteiger partial charge in [0.2, 0.25) is 0 Å². The molecule has 0 aliphatic heterocycles. The van der Waals surface area contributed by atoms with Crippen molar-refractivity contribution in [1.29, 1.82) is 0 Å². The van der Waals surface area contributed by atoms with E-state index in [1.807, 2.05) is 0 Å². The summed E-state index contributed by atoms with van der Waals surface area (Å²) < 4.78 is 0. The smallest absolute Gasteiger partial charge is 0.0419 e. The van der Waals surface area contributed by atoms with Crippen LogP contribution in [0.4, 0.5) is 5.69 Å². The summed E-state index contributed by atoms with van der Waals surface area (Å²) in [5, 5.41) is 6.16. The summed E-state index contributed by atoms with van der Waals surface area (Å²) in [7, 11) is 4.24. The molecule has 0 unspecified atom stereocenters. The van der Waals surface area contributed by atoms with E-state index in [2.05, 4.69) is 73.7 Å². The summed E-state index contributed by atoms with van der Waals surface area (Å²) in [6.45, 7) is 4.39. The molecule has 0 saturated carbocycles. The number of nitrogens with one attached hydrogen (secondary N) is 1. The molecule has 0 aliphatic carbocycles. The minimum absolute atomic E-state index is 0.638. The standard InChI is InChI=1S/C16H22N2/c1-13(12-18(2)3)11-17-16-10-6-8-14-7-4-5-9-15(14)16/h4-10,13,17H,11-12H2,1-3H3/t13-/m1/s1. The van der Waals surface area contributed by atoms with Gasteiger partial charge in [0.05, 0.1) is 0 Å². The number of fused-ring (bicyclic) bond motifs is 1. The van der Waals surface area contributed by atoms with Crippen molar-refractivity contribution < 1.29 is 0 Å². The highest BCUT2D eigenvalue weighted by molar-refractivity contribution is 5.93. The van der Waals surface area contributed by atoms with Crippen LogP contribution in [0, 0.1) is 5.92 Å². The molecule has 0 radical (unpaired) electrons. The van der Waals surface area contributed by atoms with Gasteiger partial charge in [-0.25, -0.2) is 0 Å². The van der Waals surface area contributed by atoms with Gasteiger partial charge in [-0.15, -0.1) is 0 Å². The Hall–Kier alpha value is -1.54. The normalized spacial score (nSPS) is 12.9. The van der Waals surface area contributed by atoms with Crippen molar-refractivity contribution in [2.24, 2.45) is 5.92 Å². The summed E-state index contributed by atoms with van der Waals surface area (Å²) in [4.78, 5) is 2.23. The molecule has 0 bridgehead atoms. The fourth-order valence-electron chi connectivity index (χ4n) is 2.35. The van der Waals surface area contributed by atoms with Crippen molar-refractivity contribution in [3.63, 3.8) is 0 Å². The number of nitrogens with zero attached hydrogens (tertiary/aromatic N) is 1. The number of anilines is 1. The average Bonchev–Trinajstić information content (AvgIpc) is 2.35. The second kappa shape index (κ2) is 5.87. The van der Waals surface area contributed by atoms with Gasteiger partial charge in [-0.2, -0.15) is 0 Å². The molecule has 0 saturated heterocycles. The summed E-state index contributed by atoms with van der Waals surface area (Å²) >= 11 is 0. The third-order valence-electron chi connectivity index (χ3n) is 3.11. The van der Waals surface area contributed by atoms with E-state index in [0.717, 1.165) is 13.1 Å². The zero-order chi connectivity index (χ0) is 13.0. The minimum Gasteiger partial charge on any atom is -0.384 e. The minimum atomic E-state index is 0.638. The molecule has 1 N–H and O–H groups in total. The molecule has 96 valence electrons. The molecule has 2 aromatic rings. The molecule has 0 heterocycles. The van der Waals surface area contributed by atoms with E-state index < -0.39 is 0 Å². The van der Waals surface area contributed by atoms with E-state index in [9.17, 15) is 0 Å². The van der Waals surface area contributed by atoms with Crippen LogP contribution in [-0.2, 0) is 0 Å². The molecule has 2 rings (SSSR count). The fourth-order valence-corrected chi connectivity index (χ4v) is 2.35. The Labute approximate surface area is 110 Å². The third-order valence-corrected chi connectivity index (χ3v) is 3.11. The van der Waals surface area contributed by atoms with Crippen LogP contribution in [0.15, 0.2) is 42.5 Å². The summed E-state index contributed by atoms with van der Waals surface area (Å²) in [5.41, 5.74) is 1.23.